The van der Waals surface area contributed by atoms with Gasteiger partial charge in [0.25, 0.3) is 0 Å². The molecule has 0 saturated carbocycles. The summed E-state index contributed by atoms with van der Waals surface area (Å²) in [4.78, 5) is 0. The van der Waals surface area contributed by atoms with Gasteiger partial charge in [0, 0.05) is 6.04 Å². The van der Waals surface area contributed by atoms with Crippen molar-refractivity contribution in [2.75, 3.05) is 12.4 Å². The van der Waals surface area contributed by atoms with Crippen LogP contribution in [0, 0.1) is 0 Å². The molecule has 0 spiro atoms. The van der Waals surface area contributed by atoms with Gasteiger partial charge < -0.3 is 5.11 Å². The minimum Gasteiger partial charge on any atom is -0.395 e. The summed E-state index contributed by atoms with van der Waals surface area (Å²) in [5.74, 6) is -0.222. The van der Waals surface area contributed by atoms with Crippen LogP contribution in [0.4, 0.5) is 0 Å². The fourth-order valence-electron chi connectivity index (χ4n) is 2.08. The molecule has 5 heteroatoms. The van der Waals surface area contributed by atoms with Crippen molar-refractivity contribution in [3.8, 4) is 0 Å². The highest BCUT2D eigenvalue weighted by Gasteiger charge is 2.24. The molecule has 0 atom stereocenters. The largest absolute Gasteiger partial charge is 0.395 e. The predicted octanol–water partition coefficient (Wildman–Crippen LogP) is 0.0655. The molecule has 1 aromatic carbocycles. The Kier molecular flexibility index (Phi) is 3.28. The minimum absolute atomic E-state index is 0.0612. The van der Waals surface area contributed by atoms with Crippen LogP contribution in [0.15, 0.2) is 24.3 Å². The summed E-state index contributed by atoms with van der Waals surface area (Å²) in [6, 6.07) is 7.91. The Morgan fingerprint density at radius 2 is 1.81 bits per heavy atom. The van der Waals surface area contributed by atoms with Crippen molar-refractivity contribution in [3.05, 3.63) is 35.4 Å². The third-order valence-corrected chi connectivity index (χ3v) is 4.17. The molecule has 16 heavy (non-hydrogen) atoms. The number of sulfonamides is 1. The highest BCUT2D eigenvalue weighted by atomic mass is 32.2. The summed E-state index contributed by atoms with van der Waals surface area (Å²) < 4.78 is 25.5. The third-order valence-electron chi connectivity index (χ3n) is 2.76. The molecule has 4 nitrogen and oxygen atoms in total. The molecule has 0 bridgehead atoms. The second-order valence-electron chi connectivity index (χ2n) is 4.03. The second-order valence-corrected chi connectivity index (χ2v) is 5.91. The fraction of sp³-hybridized carbons (Fsp3) is 0.455. The second kappa shape index (κ2) is 4.53. The van der Waals surface area contributed by atoms with E-state index in [1.54, 1.807) is 0 Å². The smallest absolute Gasteiger partial charge is 0.214 e. The van der Waals surface area contributed by atoms with Crippen LogP contribution in [0.1, 0.15) is 11.1 Å². The van der Waals surface area contributed by atoms with Gasteiger partial charge in [0.15, 0.2) is 0 Å². The number of benzene rings is 1. The highest BCUT2D eigenvalue weighted by Crippen LogP contribution is 2.21. The SMILES string of the molecule is O=S(=O)(CCO)NC1Cc2ccccc2C1. The average Bonchev–Trinajstić information content (AvgIpc) is 2.58. The monoisotopic (exact) mass is 241 g/mol. The first kappa shape index (κ1) is 11.6. The van der Waals surface area contributed by atoms with E-state index < -0.39 is 10.0 Å². The molecule has 1 aliphatic rings. The van der Waals surface area contributed by atoms with Crippen LogP contribution in [0.2, 0.25) is 0 Å². The highest BCUT2D eigenvalue weighted by molar-refractivity contribution is 7.89. The van der Waals surface area contributed by atoms with Gasteiger partial charge in [0.1, 0.15) is 0 Å². The van der Waals surface area contributed by atoms with E-state index in [-0.39, 0.29) is 18.4 Å². The molecule has 2 rings (SSSR count). The van der Waals surface area contributed by atoms with Crippen LogP contribution in [0.25, 0.3) is 0 Å². The van der Waals surface area contributed by atoms with Gasteiger partial charge in [-0.2, -0.15) is 0 Å². The molecular formula is C11H15NO3S. The molecular weight excluding hydrogens is 226 g/mol. The topological polar surface area (TPSA) is 66.4 Å². The van der Waals surface area contributed by atoms with Crippen LogP contribution >= 0.6 is 0 Å². The molecule has 0 saturated heterocycles. The lowest BCUT2D eigenvalue weighted by Crippen LogP contribution is -2.37. The fourth-order valence-corrected chi connectivity index (χ4v) is 3.11. The van der Waals surface area contributed by atoms with Crippen LogP contribution < -0.4 is 4.72 Å². The van der Waals surface area contributed by atoms with Gasteiger partial charge >= 0.3 is 0 Å². The maximum atomic E-state index is 11.5. The van der Waals surface area contributed by atoms with Crippen LogP contribution in [0.3, 0.4) is 0 Å². The molecule has 0 amide bonds. The first-order valence-electron chi connectivity index (χ1n) is 5.28. The van der Waals surface area contributed by atoms with Crippen molar-refractivity contribution in [1.82, 2.24) is 4.72 Å². The van der Waals surface area contributed by atoms with Crippen LogP contribution in [-0.2, 0) is 22.9 Å². The van der Waals surface area contributed by atoms with Crippen molar-refractivity contribution in [2.45, 2.75) is 18.9 Å². The lowest BCUT2D eigenvalue weighted by Gasteiger charge is -2.11. The van der Waals surface area contributed by atoms with Crippen molar-refractivity contribution < 1.29 is 13.5 Å². The van der Waals surface area contributed by atoms with Crippen molar-refractivity contribution >= 4 is 10.0 Å². The number of rotatable bonds is 4. The average molecular weight is 241 g/mol. The van der Waals surface area contributed by atoms with E-state index in [1.807, 2.05) is 24.3 Å². The van der Waals surface area contributed by atoms with Gasteiger partial charge in [-0.05, 0) is 24.0 Å². The van der Waals surface area contributed by atoms with E-state index in [0.717, 1.165) is 12.8 Å². The first-order chi connectivity index (χ1) is 7.61. The molecule has 0 radical (unpaired) electrons. The Morgan fingerprint density at radius 1 is 1.25 bits per heavy atom. The third kappa shape index (κ3) is 2.61. The van der Waals surface area contributed by atoms with Gasteiger partial charge in [-0.25, -0.2) is 13.1 Å². The Balaban J connectivity index is 2.02. The number of hydrogen-bond acceptors (Lipinski definition) is 3. The first-order valence-corrected chi connectivity index (χ1v) is 6.93. The maximum absolute atomic E-state index is 11.5. The molecule has 0 unspecified atom stereocenters. The maximum Gasteiger partial charge on any atom is 0.214 e. The summed E-state index contributed by atoms with van der Waals surface area (Å²) in [5, 5.41) is 8.63. The lowest BCUT2D eigenvalue weighted by atomic mass is 10.1. The van der Waals surface area contributed by atoms with Gasteiger partial charge in [0.2, 0.25) is 10.0 Å². The Labute approximate surface area is 95.4 Å². The van der Waals surface area contributed by atoms with Gasteiger partial charge in [-0.1, -0.05) is 24.3 Å². The van der Waals surface area contributed by atoms with E-state index in [1.165, 1.54) is 11.1 Å². The molecule has 0 heterocycles. The molecule has 88 valence electrons. The van der Waals surface area contributed by atoms with Crippen molar-refractivity contribution in [2.24, 2.45) is 0 Å². The van der Waals surface area contributed by atoms with E-state index >= 15 is 0 Å². The minimum atomic E-state index is -3.33. The van der Waals surface area contributed by atoms with E-state index in [0.29, 0.717) is 0 Å². The quantitative estimate of drug-likeness (QED) is 0.783. The van der Waals surface area contributed by atoms with Crippen molar-refractivity contribution in [3.63, 3.8) is 0 Å². The molecule has 0 aliphatic heterocycles. The molecule has 2 N–H and O–H groups in total. The Hall–Kier alpha value is -0.910. The number of aliphatic hydroxyl groups excluding tert-OH is 1. The summed E-state index contributed by atoms with van der Waals surface area (Å²) in [6.45, 7) is -0.338. The molecule has 1 aromatic rings. The van der Waals surface area contributed by atoms with Gasteiger partial charge in [-0.3, -0.25) is 0 Å². The zero-order valence-electron chi connectivity index (χ0n) is 8.89. The van der Waals surface area contributed by atoms with E-state index in [4.69, 9.17) is 5.11 Å². The summed E-state index contributed by atoms with van der Waals surface area (Å²) in [7, 11) is -3.33. The Morgan fingerprint density at radius 3 is 2.31 bits per heavy atom. The normalized spacial score (nSPS) is 16.3. The number of aliphatic hydroxyl groups is 1. The molecule has 0 aromatic heterocycles. The summed E-state index contributed by atoms with van der Waals surface area (Å²) >= 11 is 0. The Bertz CT molecular complexity index is 445. The van der Waals surface area contributed by atoms with Crippen LogP contribution in [0.5, 0.6) is 0 Å². The van der Waals surface area contributed by atoms with E-state index in [9.17, 15) is 8.42 Å². The standard InChI is InChI=1S/C11H15NO3S/c13-5-6-16(14,15)12-11-7-9-3-1-2-4-10(9)8-11/h1-4,11-13H,5-8H2. The number of fused-ring (bicyclic) bond motifs is 1. The lowest BCUT2D eigenvalue weighted by molar-refractivity contribution is 0.319. The summed E-state index contributed by atoms with van der Waals surface area (Å²) in [6.07, 6.45) is 1.47. The van der Waals surface area contributed by atoms with Crippen LogP contribution in [-0.4, -0.2) is 31.9 Å². The number of nitrogens with one attached hydrogen (secondary N) is 1. The molecule has 1 aliphatic carbocycles. The zero-order chi connectivity index (χ0) is 11.6. The van der Waals surface area contributed by atoms with E-state index in [2.05, 4.69) is 4.72 Å². The zero-order valence-corrected chi connectivity index (χ0v) is 9.70. The number of hydrogen-bond donors (Lipinski definition) is 2. The predicted molar refractivity (Wildman–Crippen MR) is 61.6 cm³/mol. The summed E-state index contributed by atoms with van der Waals surface area (Å²) in [5.41, 5.74) is 2.42. The van der Waals surface area contributed by atoms with Crippen molar-refractivity contribution in [1.29, 1.82) is 0 Å². The molecule has 0 fully saturated rings. The van der Waals surface area contributed by atoms with Gasteiger partial charge in [-0.15, -0.1) is 0 Å². The van der Waals surface area contributed by atoms with Gasteiger partial charge in [0.05, 0.1) is 12.4 Å².